The number of esters is 1. The van der Waals surface area contributed by atoms with Crippen LogP contribution in [0.4, 0.5) is 11.4 Å². The predicted octanol–water partition coefficient (Wildman–Crippen LogP) is 5.02. The summed E-state index contributed by atoms with van der Waals surface area (Å²) in [6, 6.07) is 10.5. The topological polar surface area (TPSA) is 84.5 Å². The van der Waals surface area contributed by atoms with Gasteiger partial charge in [0.15, 0.2) is 6.61 Å². The lowest BCUT2D eigenvalue weighted by Crippen LogP contribution is -2.23. The first-order valence-electron chi connectivity index (χ1n) is 9.65. The van der Waals surface area contributed by atoms with Gasteiger partial charge >= 0.3 is 5.97 Å². The van der Waals surface area contributed by atoms with E-state index in [1.807, 2.05) is 32.0 Å². The number of amides is 2. The number of carbonyl (C=O) groups excluding carboxylic acids is 3. The molecule has 0 aromatic heterocycles. The summed E-state index contributed by atoms with van der Waals surface area (Å²) in [5, 5.41) is 6.18. The molecule has 2 aromatic carbocycles. The van der Waals surface area contributed by atoms with E-state index < -0.39 is 24.4 Å². The van der Waals surface area contributed by atoms with Gasteiger partial charge < -0.3 is 15.4 Å². The van der Waals surface area contributed by atoms with Gasteiger partial charge in [0.1, 0.15) is 0 Å². The van der Waals surface area contributed by atoms with E-state index in [-0.39, 0.29) is 12.8 Å². The SMILES string of the molecule is CCc1cccc(CC)c1NC(=O)COC(=O)CCC(=O)Nc1cc(Cl)ccc1Cl. The first-order chi connectivity index (χ1) is 14.3. The Bertz CT molecular complexity index is 909. The van der Waals surface area contributed by atoms with Crippen LogP contribution in [0.5, 0.6) is 0 Å². The normalized spacial score (nSPS) is 10.4. The highest BCUT2D eigenvalue weighted by molar-refractivity contribution is 6.35. The zero-order valence-electron chi connectivity index (χ0n) is 16.9. The van der Waals surface area contributed by atoms with Crippen molar-refractivity contribution >= 4 is 52.4 Å². The number of hydrogen-bond donors (Lipinski definition) is 2. The van der Waals surface area contributed by atoms with E-state index in [0.29, 0.717) is 15.7 Å². The number of rotatable bonds is 9. The van der Waals surface area contributed by atoms with Crippen LogP contribution in [0.3, 0.4) is 0 Å². The summed E-state index contributed by atoms with van der Waals surface area (Å²) in [6.07, 6.45) is 1.27. The quantitative estimate of drug-likeness (QED) is 0.525. The van der Waals surface area contributed by atoms with Gasteiger partial charge in [-0.3, -0.25) is 14.4 Å². The number of anilines is 2. The molecule has 0 unspecified atom stereocenters. The molecule has 0 radical (unpaired) electrons. The van der Waals surface area contributed by atoms with Crippen LogP contribution in [0, 0.1) is 0 Å². The van der Waals surface area contributed by atoms with Gasteiger partial charge in [0.25, 0.3) is 5.91 Å². The number of para-hydroxylation sites is 1. The van der Waals surface area contributed by atoms with Crippen LogP contribution >= 0.6 is 23.2 Å². The maximum Gasteiger partial charge on any atom is 0.306 e. The second-order valence-electron chi connectivity index (χ2n) is 6.54. The smallest absolute Gasteiger partial charge is 0.306 e. The van der Waals surface area contributed by atoms with E-state index in [2.05, 4.69) is 10.6 Å². The fraction of sp³-hybridized carbons (Fsp3) is 0.318. The Labute approximate surface area is 185 Å². The molecule has 0 spiro atoms. The molecule has 8 heteroatoms. The number of carbonyl (C=O) groups is 3. The molecule has 2 amide bonds. The van der Waals surface area contributed by atoms with E-state index in [1.165, 1.54) is 6.07 Å². The van der Waals surface area contributed by atoms with Crippen LogP contribution in [0.2, 0.25) is 10.0 Å². The molecule has 0 heterocycles. The second kappa shape index (κ2) is 11.6. The molecule has 0 saturated carbocycles. The highest BCUT2D eigenvalue weighted by atomic mass is 35.5. The Kier molecular flexibility index (Phi) is 9.15. The average Bonchev–Trinajstić information content (AvgIpc) is 2.73. The Balaban J connectivity index is 1.80. The van der Waals surface area contributed by atoms with Crippen LogP contribution < -0.4 is 10.6 Å². The maximum atomic E-state index is 12.2. The predicted molar refractivity (Wildman–Crippen MR) is 119 cm³/mol. The molecule has 30 heavy (non-hydrogen) atoms. The van der Waals surface area contributed by atoms with E-state index in [9.17, 15) is 14.4 Å². The van der Waals surface area contributed by atoms with Crippen molar-refractivity contribution in [3.8, 4) is 0 Å². The van der Waals surface area contributed by atoms with Crippen molar-refractivity contribution in [1.82, 2.24) is 0 Å². The van der Waals surface area contributed by atoms with Crippen molar-refractivity contribution in [3.63, 3.8) is 0 Å². The van der Waals surface area contributed by atoms with E-state index in [1.54, 1.807) is 12.1 Å². The Morgan fingerprint density at radius 3 is 2.20 bits per heavy atom. The molecule has 2 aromatic rings. The molecule has 0 atom stereocenters. The molecule has 0 aliphatic carbocycles. The first-order valence-corrected chi connectivity index (χ1v) is 10.4. The van der Waals surface area contributed by atoms with Gasteiger partial charge in [-0.15, -0.1) is 0 Å². The minimum atomic E-state index is -0.642. The summed E-state index contributed by atoms with van der Waals surface area (Å²) >= 11 is 11.9. The molecular formula is C22H24Cl2N2O4. The molecule has 0 saturated heterocycles. The Morgan fingerprint density at radius 1 is 0.900 bits per heavy atom. The average molecular weight is 451 g/mol. The lowest BCUT2D eigenvalue weighted by atomic mass is 10.0. The number of ether oxygens (including phenoxy) is 1. The minimum Gasteiger partial charge on any atom is -0.456 e. The van der Waals surface area contributed by atoms with E-state index >= 15 is 0 Å². The van der Waals surface area contributed by atoms with E-state index in [0.717, 1.165) is 29.7 Å². The fourth-order valence-corrected chi connectivity index (χ4v) is 3.16. The number of nitrogens with one attached hydrogen (secondary N) is 2. The molecule has 0 aliphatic heterocycles. The summed E-state index contributed by atoms with van der Waals surface area (Å²) in [6.45, 7) is 3.60. The van der Waals surface area contributed by atoms with Crippen LogP contribution in [0.1, 0.15) is 37.8 Å². The van der Waals surface area contributed by atoms with Crippen molar-refractivity contribution in [2.75, 3.05) is 17.2 Å². The third kappa shape index (κ3) is 7.04. The van der Waals surface area contributed by atoms with Crippen molar-refractivity contribution < 1.29 is 19.1 Å². The van der Waals surface area contributed by atoms with Crippen molar-refractivity contribution in [2.24, 2.45) is 0 Å². The van der Waals surface area contributed by atoms with Gasteiger partial charge in [0.05, 0.1) is 17.1 Å². The Morgan fingerprint density at radius 2 is 1.57 bits per heavy atom. The number of hydrogen-bond acceptors (Lipinski definition) is 4. The summed E-state index contributed by atoms with van der Waals surface area (Å²) in [4.78, 5) is 36.1. The lowest BCUT2D eigenvalue weighted by molar-refractivity contribution is -0.147. The second-order valence-corrected chi connectivity index (χ2v) is 7.38. The molecule has 0 fully saturated rings. The van der Waals surface area contributed by atoms with Crippen LogP contribution in [-0.2, 0) is 32.0 Å². The highest BCUT2D eigenvalue weighted by Gasteiger charge is 2.14. The molecule has 160 valence electrons. The van der Waals surface area contributed by atoms with Gasteiger partial charge in [0, 0.05) is 17.1 Å². The van der Waals surface area contributed by atoms with Gasteiger partial charge in [-0.25, -0.2) is 0 Å². The summed E-state index contributed by atoms with van der Waals surface area (Å²) in [7, 11) is 0. The summed E-state index contributed by atoms with van der Waals surface area (Å²) < 4.78 is 4.99. The number of benzene rings is 2. The minimum absolute atomic E-state index is 0.109. The fourth-order valence-electron chi connectivity index (χ4n) is 2.82. The Hall–Kier alpha value is -2.57. The molecule has 0 bridgehead atoms. The standard InChI is InChI=1S/C22H24Cl2N2O4/c1-3-14-6-5-7-15(4-2)22(14)26-20(28)13-30-21(29)11-10-19(27)25-18-12-16(23)8-9-17(18)24/h5-9,12H,3-4,10-11,13H2,1-2H3,(H,25,27)(H,26,28). The van der Waals surface area contributed by atoms with Crippen molar-refractivity contribution in [2.45, 2.75) is 39.5 Å². The third-order valence-electron chi connectivity index (χ3n) is 4.39. The molecule has 2 rings (SSSR count). The largest absolute Gasteiger partial charge is 0.456 e. The van der Waals surface area contributed by atoms with Gasteiger partial charge in [-0.05, 0) is 42.2 Å². The summed E-state index contributed by atoms with van der Waals surface area (Å²) in [5.41, 5.74) is 3.17. The highest BCUT2D eigenvalue weighted by Crippen LogP contribution is 2.25. The zero-order valence-corrected chi connectivity index (χ0v) is 18.4. The number of aryl methyl sites for hydroxylation is 2. The molecule has 2 N–H and O–H groups in total. The van der Waals surface area contributed by atoms with Crippen LogP contribution in [0.25, 0.3) is 0 Å². The lowest BCUT2D eigenvalue weighted by Gasteiger charge is -2.14. The van der Waals surface area contributed by atoms with Crippen molar-refractivity contribution in [1.29, 1.82) is 0 Å². The van der Waals surface area contributed by atoms with Crippen molar-refractivity contribution in [3.05, 3.63) is 57.6 Å². The molecule has 6 nitrogen and oxygen atoms in total. The summed E-state index contributed by atoms with van der Waals surface area (Å²) in [5.74, 6) is -1.48. The van der Waals surface area contributed by atoms with Gasteiger partial charge in [-0.1, -0.05) is 55.2 Å². The monoisotopic (exact) mass is 450 g/mol. The third-order valence-corrected chi connectivity index (χ3v) is 4.95. The number of halogens is 2. The maximum absolute atomic E-state index is 12.2. The zero-order chi connectivity index (χ0) is 22.1. The van der Waals surface area contributed by atoms with E-state index in [4.69, 9.17) is 27.9 Å². The van der Waals surface area contributed by atoms with Crippen LogP contribution in [0.15, 0.2) is 36.4 Å². The van der Waals surface area contributed by atoms with Gasteiger partial charge in [-0.2, -0.15) is 0 Å². The van der Waals surface area contributed by atoms with Crippen LogP contribution in [-0.4, -0.2) is 24.4 Å². The molecular weight excluding hydrogens is 427 g/mol. The first kappa shape index (κ1) is 23.7. The van der Waals surface area contributed by atoms with Gasteiger partial charge in [0.2, 0.25) is 5.91 Å². The molecule has 0 aliphatic rings.